The molecule has 16 heavy (non-hydrogen) atoms. The van der Waals surface area contributed by atoms with Gasteiger partial charge in [0.1, 0.15) is 0 Å². The molecule has 0 radical (unpaired) electrons. The Labute approximate surface area is 92.8 Å². The Morgan fingerprint density at radius 1 is 0.938 bits per heavy atom. The van der Waals surface area contributed by atoms with E-state index in [4.69, 9.17) is 5.26 Å². The standard InChI is InChI=1S/C14H8N2/c15-9-11-7-8-16-14-12-4-2-1-3-10(12)5-6-13(11)14/h1-8H. The maximum Gasteiger partial charge on any atom is 0.0999 e. The summed E-state index contributed by atoms with van der Waals surface area (Å²) in [5, 5.41) is 12.2. The second-order valence-electron chi connectivity index (χ2n) is 3.65. The van der Waals surface area contributed by atoms with Gasteiger partial charge in [-0.3, -0.25) is 4.98 Å². The molecule has 0 fully saturated rings. The molecule has 0 saturated heterocycles. The molecule has 0 unspecified atom stereocenters. The SMILES string of the molecule is N#Cc1ccnc2c1ccc1ccccc12. The summed E-state index contributed by atoms with van der Waals surface area (Å²) in [6, 6.07) is 16.0. The van der Waals surface area contributed by atoms with Crippen LogP contribution in [0.25, 0.3) is 21.7 Å². The number of hydrogen-bond acceptors (Lipinski definition) is 2. The number of aromatic nitrogens is 1. The number of benzene rings is 2. The fraction of sp³-hybridized carbons (Fsp3) is 0. The predicted molar refractivity (Wildman–Crippen MR) is 64.0 cm³/mol. The highest BCUT2D eigenvalue weighted by Gasteiger charge is 2.04. The van der Waals surface area contributed by atoms with Gasteiger partial charge >= 0.3 is 0 Å². The molecular weight excluding hydrogens is 196 g/mol. The monoisotopic (exact) mass is 204 g/mol. The number of hydrogen-bond donors (Lipinski definition) is 0. The van der Waals surface area contributed by atoms with Crippen LogP contribution in [0.4, 0.5) is 0 Å². The van der Waals surface area contributed by atoms with Crippen LogP contribution < -0.4 is 0 Å². The van der Waals surface area contributed by atoms with E-state index in [9.17, 15) is 0 Å². The molecular formula is C14H8N2. The number of rotatable bonds is 0. The highest BCUT2D eigenvalue weighted by atomic mass is 14.6. The van der Waals surface area contributed by atoms with Gasteiger partial charge in [0.15, 0.2) is 0 Å². The van der Waals surface area contributed by atoms with E-state index in [1.807, 2.05) is 30.3 Å². The van der Waals surface area contributed by atoms with Crippen LogP contribution in [-0.4, -0.2) is 4.98 Å². The number of nitriles is 1. The van der Waals surface area contributed by atoms with Crippen LogP contribution in [0.5, 0.6) is 0 Å². The van der Waals surface area contributed by atoms with E-state index in [0.717, 1.165) is 21.7 Å². The number of fused-ring (bicyclic) bond motifs is 3. The van der Waals surface area contributed by atoms with E-state index in [0.29, 0.717) is 5.56 Å². The summed E-state index contributed by atoms with van der Waals surface area (Å²) < 4.78 is 0. The zero-order valence-corrected chi connectivity index (χ0v) is 8.51. The van der Waals surface area contributed by atoms with Crippen molar-refractivity contribution >= 4 is 21.7 Å². The van der Waals surface area contributed by atoms with Gasteiger partial charge in [-0.15, -0.1) is 0 Å². The van der Waals surface area contributed by atoms with Gasteiger partial charge in [0.05, 0.1) is 17.1 Å². The van der Waals surface area contributed by atoms with E-state index in [1.54, 1.807) is 12.3 Å². The smallest absolute Gasteiger partial charge is 0.0999 e. The highest BCUT2D eigenvalue weighted by molar-refractivity contribution is 6.06. The van der Waals surface area contributed by atoms with Crippen molar-refractivity contribution in [3.8, 4) is 6.07 Å². The zero-order valence-electron chi connectivity index (χ0n) is 8.51. The first kappa shape index (κ1) is 8.87. The molecule has 74 valence electrons. The van der Waals surface area contributed by atoms with Crippen LogP contribution in [0.2, 0.25) is 0 Å². The molecule has 3 aromatic rings. The van der Waals surface area contributed by atoms with Crippen molar-refractivity contribution in [2.24, 2.45) is 0 Å². The maximum absolute atomic E-state index is 9.03. The molecule has 0 spiro atoms. The van der Waals surface area contributed by atoms with Crippen molar-refractivity contribution in [1.29, 1.82) is 5.26 Å². The fourth-order valence-electron chi connectivity index (χ4n) is 1.99. The van der Waals surface area contributed by atoms with Crippen molar-refractivity contribution in [2.75, 3.05) is 0 Å². The summed E-state index contributed by atoms with van der Waals surface area (Å²) in [6.07, 6.45) is 1.69. The molecule has 0 amide bonds. The van der Waals surface area contributed by atoms with Gasteiger partial charge in [-0.25, -0.2) is 0 Å². The zero-order chi connectivity index (χ0) is 11.0. The topological polar surface area (TPSA) is 36.7 Å². The summed E-state index contributed by atoms with van der Waals surface area (Å²) in [5.74, 6) is 0. The first-order valence-electron chi connectivity index (χ1n) is 5.07. The molecule has 1 heterocycles. The lowest BCUT2D eigenvalue weighted by Crippen LogP contribution is -1.84. The van der Waals surface area contributed by atoms with Crippen LogP contribution in [0.3, 0.4) is 0 Å². The van der Waals surface area contributed by atoms with Crippen molar-refractivity contribution < 1.29 is 0 Å². The Hall–Kier alpha value is -2.40. The first-order valence-corrected chi connectivity index (χ1v) is 5.07. The van der Waals surface area contributed by atoms with E-state index < -0.39 is 0 Å². The third-order valence-electron chi connectivity index (χ3n) is 2.76. The second-order valence-corrected chi connectivity index (χ2v) is 3.65. The minimum atomic E-state index is 0.677. The van der Waals surface area contributed by atoms with Crippen molar-refractivity contribution in [2.45, 2.75) is 0 Å². The van der Waals surface area contributed by atoms with Crippen molar-refractivity contribution in [3.63, 3.8) is 0 Å². The summed E-state index contributed by atoms with van der Waals surface area (Å²) in [4.78, 5) is 4.37. The first-order chi connectivity index (χ1) is 7.90. The molecule has 1 aromatic heterocycles. The maximum atomic E-state index is 9.03. The average molecular weight is 204 g/mol. The van der Waals surface area contributed by atoms with Crippen LogP contribution in [0.15, 0.2) is 48.7 Å². The van der Waals surface area contributed by atoms with E-state index in [2.05, 4.69) is 17.1 Å². The fourth-order valence-corrected chi connectivity index (χ4v) is 1.99. The Morgan fingerprint density at radius 3 is 2.69 bits per heavy atom. The lowest BCUT2D eigenvalue weighted by molar-refractivity contribution is 1.40. The van der Waals surface area contributed by atoms with Gasteiger partial charge in [0.25, 0.3) is 0 Å². The van der Waals surface area contributed by atoms with E-state index >= 15 is 0 Å². The van der Waals surface area contributed by atoms with Gasteiger partial charge in [-0.1, -0.05) is 36.4 Å². The molecule has 0 saturated carbocycles. The minimum Gasteiger partial charge on any atom is -0.256 e. The Morgan fingerprint density at radius 2 is 1.81 bits per heavy atom. The Kier molecular flexibility index (Phi) is 1.84. The molecule has 2 heteroatoms. The highest BCUT2D eigenvalue weighted by Crippen LogP contribution is 2.25. The largest absolute Gasteiger partial charge is 0.256 e. The molecule has 0 aliphatic carbocycles. The van der Waals surface area contributed by atoms with Crippen molar-refractivity contribution in [3.05, 3.63) is 54.2 Å². The van der Waals surface area contributed by atoms with Gasteiger partial charge in [-0.05, 0) is 11.5 Å². The van der Waals surface area contributed by atoms with Gasteiger partial charge in [-0.2, -0.15) is 5.26 Å². The third-order valence-corrected chi connectivity index (χ3v) is 2.76. The van der Waals surface area contributed by atoms with Crippen LogP contribution in [0.1, 0.15) is 5.56 Å². The lowest BCUT2D eigenvalue weighted by atomic mass is 10.0. The lowest BCUT2D eigenvalue weighted by Gasteiger charge is -2.03. The van der Waals surface area contributed by atoms with Crippen LogP contribution in [0, 0.1) is 11.3 Å². The van der Waals surface area contributed by atoms with Gasteiger partial charge in [0.2, 0.25) is 0 Å². The Balaban J connectivity index is 2.58. The summed E-state index contributed by atoms with van der Waals surface area (Å²) >= 11 is 0. The summed E-state index contributed by atoms with van der Waals surface area (Å²) in [5.41, 5.74) is 1.58. The normalized spacial score (nSPS) is 10.4. The molecule has 0 bridgehead atoms. The molecule has 0 aliphatic heterocycles. The molecule has 0 N–H and O–H groups in total. The van der Waals surface area contributed by atoms with Gasteiger partial charge in [0, 0.05) is 17.0 Å². The van der Waals surface area contributed by atoms with Crippen LogP contribution in [-0.2, 0) is 0 Å². The van der Waals surface area contributed by atoms with Gasteiger partial charge < -0.3 is 0 Å². The number of nitrogens with zero attached hydrogens (tertiary/aromatic N) is 2. The molecule has 2 aromatic carbocycles. The minimum absolute atomic E-state index is 0.677. The van der Waals surface area contributed by atoms with Crippen molar-refractivity contribution in [1.82, 2.24) is 4.98 Å². The number of pyridine rings is 1. The quantitative estimate of drug-likeness (QED) is 0.527. The predicted octanol–water partition coefficient (Wildman–Crippen LogP) is 3.26. The third kappa shape index (κ3) is 1.15. The molecule has 0 atom stereocenters. The van der Waals surface area contributed by atoms with E-state index in [-0.39, 0.29) is 0 Å². The summed E-state index contributed by atoms with van der Waals surface area (Å²) in [6.45, 7) is 0. The van der Waals surface area contributed by atoms with E-state index in [1.165, 1.54) is 0 Å². The Bertz CT molecular complexity index is 723. The second kappa shape index (κ2) is 3.32. The summed E-state index contributed by atoms with van der Waals surface area (Å²) in [7, 11) is 0. The molecule has 3 rings (SSSR count). The van der Waals surface area contributed by atoms with Crippen LogP contribution >= 0.6 is 0 Å². The molecule has 0 aliphatic rings. The molecule has 2 nitrogen and oxygen atoms in total. The average Bonchev–Trinajstić information content (AvgIpc) is 2.37.